The molecule has 2 aromatic heterocycles. The Morgan fingerprint density at radius 3 is 2.86 bits per heavy atom. The highest BCUT2D eigenvalue weighted by molar-refractivity contribution is 7.15. The van der Waals surface area contributed by atoms with Gasteiger partial charge in [0.05, 0.1) is 23.2 Å². The maximum Gasteiger partial charge on any atom is 0.153 e. The third kappa shape index (κ3) is 2.52. The number of nitrogens with one attached hydrogen (secondary N) is 1. The summed E-state index contributed by atoms with van der Waals surface area (Å²) in [6, 6.07) is 12.1. The topological polar surface area (TPSA) is 63.9 Å². The summed E-state index contributed by atoms with van der Waals surface area (Å²) < 4.78 is 5.29. The van der Waals surface area contributed by atoms with Gasteiger partial charge in [0.15, 0.2) is 5.82 Å². The number of methoxy groups -OCH3 is 1. The van der Waals surface area contributed by atoms with Crippen LogP contribution in [0.4, 0.5) is 5.82 Å². The molecule has 2 heterocycles. The molecule has 3 aromatic rings. The van der Waals surface area contributed by atoms with E-state index in [9.17, 15) is 0 Å². The number of aromatic nitrogens is 2. The fourth-order valence-corrected chi connectivity index (χ4v) is 3.26. The second-order valence-corrected chi connectivity index (χ2v) is 5.88. The third-order valence-corrected chi connectivity index (χ3v) is 4.66. The molecule has 5 heteroatoms. The van der Waals surface area contributed by atoms with Gasteiger partial charge in [-0.15, -0.1) is 11.3 Å². The summed E-state index contributed by atoms with van der Waals surface area (Å²) >= 11 is 1.76. The van der Waals surface area contributed by atoms with Crippen molar-refractivity contribution in [3.05, 3.63) is 41.3 Å². The number of benzene rings is 1. The molecule has 4 nitrogen and oxygen atoms in total. The largest absolute Gasteiger partial charge is 0.497 e. The molecule has 0 radical (unpaired) electrons. The van der Waals surface area contributed by atoms with Gasteiger partial charge in [0, 0.05) is 4.88 Å². The Morgan fingerprint density at radius 2 is 2.14 bits per heavy atom. The van der Waals surface area contributed by atoms with Crippen molar-refractivity contribution in [3.63, 3.8) is 0 Å². The van der Waals surface area contributed by atoms with Crippen molar-refractivity contribution in [3.8, 4) is 27.4 Å². The lowest BCUT2D eigenvalue weighted by atomic mass is 10.0. The van der Waals surface area contributed by atoms with Crippen molar-refractivity contribution in [1.82, 2.24) is 10.2 Å². The average Bonchev–Trinajstić information content (AvgIpc) is 3.13. The van der Waals surface area contributed by atoms with Gasteiger partial charge < -0.3 is 10.5 Å². The highest BCUT2D eigenvalue weighted by Crippen LogP contribution is 2.38. The summed E-state index contributed by atoms with van der Waals surface area (Å²) in [5.74, 6) is 1.31. The first kappa shape index (κ1) is 13.7. The van der Waals surface area contributed by atoms with Gasteiger partial charge in [0.2, 0.25) is 0 Å². The van der Waals surface area contributed by atoms with Crippen LogP contribution in [0.1, 0.15) is 11.8 Å². The molecule has 1 aromatic carbocycles. The minimum absolute atomic E-state index is 0.504. The van der Waals surface area contributed by atoms with Crippen molar-refractivity contribution < 1.29 is 4.74 Å². The predicted molar refractivity (Wildman–Crippen MR) is 87.7 cm³/mol. The first-order valence-corrected chi connectivity index (χ1v) is 7.62. The van der Waals surface area contributed by atoms with E-state index in [1.54, 1.807) is 18.4 Å². The van der Waals surface area contributed by atoms with Gasteiger partial charge in [0.1, 0.15) is 5.75 Å². The number of rotatable bonds is 4. The second-order valence-electron chi connectivity index (χ2n) is 4.71. The minimum atomic E-state index is 0.504. The van der Waals surface area contributed by atoms with Gasteiger partial charge in [-0.2, -0.15) is 5.10 Å². The van der Waals surface area contributed by atoms with Crippen LogP contribution >= 0.6 is 11.3 Å². The first-order chi connectivity index (χ1) is 10.2. The zero-order valence-corrected chi connectivity index (χ0v) is 12.8. The molecule has 0 spiro atoms. The third-order valence-electron chi connectivity index (χ3n) is 3.41. The molecule has 0 amide bonds. The van der Waals surface area contributed by atoms with Crippen LogP contribution in [0.3, 0.4) is 0 Å². The zero-order valence-electron chi connectivity index (χ0n) is 12.0. The number of nitrogens with two attached hydrogens (primary N) is 1. The number of hydrogen-bond donors (Lipinski definition) is 2. The van der Waals surface area contributed by atoms with Crippen LogP contribution in [0.2, 0.25) is 0 Å². The van der Waals surface area contributed by atoms with E-state index < -0.39 is 0 Å². The van der Waals surface area contributed by atoms with E-state index in [0.29, 0.717) is 5.82 Å². The lowest BCUT2D eigenvalue weighted by Crippen LogP contribution is -1.89. The molecule has 3 N–H and O–H groups in total. The van der Waals surface area contributed by atoms with Gasteiger partial charge in [-0.05, 0) is 36.2 Å². The van der Waals surface area contributed by atoms with E-state index in [2.05, 4.69) is 29.3 Å². The van der Waals surface area contributed by atoms with Crippen molar-refractivity contribution in [2.75, 3.05) is 12.8 Å². The Bertz CT molecular complexity index is 760. The monoisotopic (exact) mass is 299 g/mol. The summed E-state index contributed by atoms with van der Waals surface area (Å²) in [7, 11) is 1.66. The Morgan fingerprint density at radius 1 is 1.29 bits per heavy atom. The molecular weight excluding hydrogens is 282 g/mol. The van der Waals surface area contributed by atoms with E-state index >= 15 is 0 Å². The second kappa shape index (κ2) is 5.61. The van der Waals surface area contributed by atoms with E-state index in [0.717, 1.165) is 33.9 Å². The predicted octanol–water partition coefficient (Wildman–Crippen LogP) is 3.96. The highest BCUT2D eigenvalue weighted by Gasteiger charge is 2.16. The maximum absolute atomic E-state index is 6.06. The van der Waals surface area contributed by atoms with Gasteiger partial charge in [-0.1, -0.05) is 19.1 Å². The standard InChI is InChI=1S/C16H17N3OS/c1-3-12-7-8-13(21-12)15-14(16(17)19-18-15)10-5-4-6-11(9-10)20-2/h4-9H,3H2,1-2H3,(H3,17,18,19). The van der Waals surface area contributed by atoms with E-state index in [1.165, 1.54) is 4.88 Å². The van der Waals surface area contributed by atoms with Crippen LogP contribution in [0.5, 0.6) is 5.75 Å². The van der Waals surface area contributed by atoms with E-state index in [-0.39, 0.29) is 0 Å². The van der Waals surface area contributed by atoms with Crippen LogP contribution in [-0.4, -0.2) is 17.3 Å². The number of aromatic amines is 1. The molecule has 0 atom stereocenters. The number of ether oxygens (including phenoxy) is 1. The lowest BCUT2D eigenvalue weighted by Gasteiger charge is -2.05. The number of anilines is 1. The molecule has 0 saturated carbocycles. The van der Waals surface area contributed by atoms with Crippen LogP contribution in [0.25, 0.3) is 21.7 Å². The molecule has 0 unspecified atom stereocenters. The summed E-state index contributed by atoms with van der Waals surface area (Å²) in [4.78, 5) is 2.49. The number of H-pyrrole nitrogens is 1. The quantitative estimate of drug-likeness (QED) is 0.766. The van der Waals surface area contributed by atoms with Gasteiger partial charge in [0.25, 0.3) is 0 Å². The van der Waals surface area contributed by atoms with Crippen molar-refractivity contribution in [1.29, 1.82) is 0 Å². The number of thiophene rings is 1. The smallest absolute Gasteiger partial charge is 0.153 e. The number of aryl methyl sites for hydroxylation is 1. The summed E-state index contributed by atoms with van der Waals surface area (Å²) in [5.41, 5.74) is 8.96. The molecular formula is C16H17N3OS. The molecule has 21 heavy (non-hydrogen) atoms. The van der Waals surface area contributed by atoms with Gasteiger partial charge in [-0.3, -0.25) is 5.10 Å². The van der Waals surface area contributed by atoms with Crippen molar-refractivity contribution in [2.45, 2.75) is 13.3 Å². The normalized spacial score (nSPS) is 10.8. The van der Waals surface area contributed by atoms with Crippen LogP contribution < -0.4 is 10.5 Å². The molecule has 0 aliphatic rings. The Labute approximate surface area is 127 Å². The fraction of sp³-hybridized carbons (Fsp3) is 0.188. The van der Waals surface area contributed by atoms with Gasteiger partial charge >= 0.3 is 0 Å². The first-order valence-electron chi connectivity index (χ1n) is 6.80. The molecule has 0 bridgehead atoms. The molecule has 0 aliphatic heterocycles. The Hall–Kier alpha value is -2.27. The van der Waals surface area contributed by atoms with Crippen molar-refractivity contribution in [2.24, 2.45) is 0 Å². The maximum atomic E-state index is 6.06. The minimum Gasteiger partial charge on any atom is -0.497 e. The summed E-state index contributed by atoms with van der Waals surface area (Å²) in [5, 5.41) is 7.24. The Balaban J connectivity index is 2.12. The summed E-state index contributed by atoms with van der Waals surface area (Å²) in [6.07, 6.45) is 1.03. The molecule has 0 aliphatic carbocycles. The molecule has 0 fully saturated rings. The van der Waals surface area contributed by atoms with E-state index in [4.69, 9.17) is 10.5 Å². The Kier molecular flexibility index (Phi) is 3.66. The fourth-order valence-electron chi connectivity index (χ4n) is 2.31. The van der Waals surface area contributed by atoms with E-state index in [1.807, 2.05) is 24.3 Å². The number of nitrogens with zero attached hydrogens (tertiary/aromatic N) is 1. The molecule has 0 saturated heterocycles. The van der Waals surface area contributed by atoms with Crippen LogP contribution in [0.15, 0.2) is 36.4 Å². The zero-order chi connectivity index (χ0) is 14.8. The average molecular weight is 299 g/mol. The number of hydrogen-bond acceptors (Lipinski definition) is 4. The summed E-state index contributed by atoms with van der Waals surface area (Å²) in [6.45, 7) is 2.15. The highest BCUT2D eigenvalue weighted by atomic mass is 32.1. The number of nitrogen functional groups attached to an aromatic ring is 1. The molecule has 3 rings (SSSR count). The molecule has 108 valence electrons. The van der Waals surface area contributed by atoms with Crippen LogP contribution in [-0.2, 0) is 6.42 Å². The lowest BCUT2D eigenvalue weighted by molar-refractivity contribution is 0.415. The van der Waals surface area contributed by atoms with Gasteiger partial charge in [-0.25, -0.2) is 0 Å². The van der Waals surface area contributed by atoms with Crippen molar-refractivity contribution >= 4 is 17.2 Å². The van der Waals surface area contributed by atoms with Crippen LogP contribution in [0, 0.1) is 0 Å². The SMILES string of the molecule is CCc1ccc(-c2[nH]nc(N)c2-c2cccc(OC)c2)s1.